The molecule has 2 aromatic carbocycles. The maximum absolute atomic E-state index is 12.7. The first-order chi connectivity index (χ1) is 15.1. The molecule has 0 bridgehead atoms. The SMILES string of the molecule is O=C(NN=Cc1cn(CC(=O)N2CCOCC2)c2ccccc12)Nc1ccc(Cl)cc1. The van der Waals surface area contributed by atoms with E-state index in [1.54, 1.807) is 30.5 Å². The number of carbonyl (C=O) groups is 2. The van der Waals surface area contributed by atoms with Gasteiger partial charge in [-0.3, -0.25) is 4.79 Å². The van der Waals surface area contributed by atoms with Crippen LogP contribution in [0, 0.1) is 0 Å². The second-order valence-corrected chi connectivity index (χ2v) is 7.49. The molecule has 3 aromatic rings. The Morgan fingerprint density at radius 2 is 1.84 bits per heavy atom. The molecule has 0 spiro atoms. The molecule has 2 heterocycles. The van der Waals surface area contributed by atoms with Crippen LogP contribution in [0.5, 0.6) is 0 Å². The van der Waals surface area contributed by atoms with Crippen molar-refractivity contribution < 1.29 is 14.3 Å². The van der Waals surface area contributed by atoms with Gasteiger partial charge >= 0.3 is 6.03 Å². The molecule has 4 rings (SSSR count). The van der Waals surface area contributed by atoms with Crippen molar-refractivity contribution in [2.24, 2.45) is 5.10 Å². The molecule has 0 radical (unpaired) electrons. The highest BCUT2D eigenvalue weighted by Gasteiger charge is 2.18. The molecule has 1 aromatic heterocycles. The number of rotatable bonds is 5. The highest BCUT2D eigenvalue weighted by atomic mass is 35.5. The van der Waals surface area contributed by atoms with Gasteiger partial charge in [-0.25, -0.2) is 10.2 Å². The normalized spacial score (nSPS) is 14.2. The number of para-hydroxylation sites is 1. The molecule has 1 aliphatic rings. The van der Waals surface area contributed by atoms with Gasteiger partial charge in [0.1, 0.15) is 6.54 Å². The van der Waals surface area contributed by atoms with Crippen LogP contribution < -0.4 is 10.7 Å². The number of benzene rings is 2. The van der Waals surface area contributed by atoms with Crippen LogP contribution in [-0.2, 0) is 16.1 Å². The summed E-state index contributed by atoms with van der Waals surface area (Å²) in [6.45, 7) is 2.59. The summed E-state index contributed by atoms with van der Waals surface area (Å²) in [6.07, 6.45) is 3.44. The molecule has 31 heavy (non-hydrogen) atoms. The van der Waals surface area contributed by atoms with E-state index in [4.69, 9.17) is 16.3 Å². The van der Waals surface area contributed by atoms with Crippen LogP contribution in [0.25, 0.3) is 10.9 Å². The minimum atomic E-state index is -0.468. The number of nitrogens with one attached hydrogen (secondary N) is 2. The Morgan fingerprint density at radius 1 is 1.10 bits per heavy atom. The van der Waals surface area contributed by atoms with Gasteiger partial charge < -0.3 is 19.5 Å². The molecule has 8 nitrogen and oxygen atoms in total. The fraction of sp³-hybridized carbons (Fsp3) is 0.227. The van der Waals surface area contributed by atoms with Gasteiger partial charge in [-0.15, -0.1) is 0 Å². The average Bonchev–Trinajstić information content (AvgIpc) is 3.13. The number of nitrogens with zero attached hydrogens (tertiary/aromatic N) is 3. The molecule has 0 unspecified atom stereocenters. The number of hydrogen-bond donors (Lipinski definition) is 2. The lowest BCUT2D eigenvalue weighted by Gasteiger charge is -2.27. The summed E-state index contributed by atoms with van der Waals surface area (Å²) in [5.41, 5.74) is 4.79. The zero-order valence-corrected chi connectivity index (χ0v) is 17.5. The maximum Gasteiger partial charge on any atom is 0.339 e. The van der Waals surface area contributed by atoms with Crippen molar-refractivity contribution in [2.45, 2.75) is 6.54 Å². The first kappa shape index (κ1) is 20.9. The predicted octanol–water partition coefficient (Wildman–Crippen LogP) is 3.31. The third kappa shape index (κ3) is 5.22. The van der Waals surface area contributed by atoms with Gasteiger partial charge in [0.15, 0.2) is 0 Å². The molecule has 1 fully saturated rings. The number of halogens is 1. The van der Waals surface area contributed by atoms with Crippen molar-refractivity contribution >= 4 is 46.3 Å². The van der Waals surface area contributed by atoms with E-state index in [2.05, 4.69) is 15.8 Å². The first-order valence-corrected chi connectivity index (χ1v) is 10.3. The van der Waals surface area contributed by atoms with Gasteiger partial charge in [0.2, 0.25) is 5.91 Å². The van der Waals surface area contributed by atoms with E-state index >= 15 is 0 Å². The lowest BCUT2D eigenvalue weighted by atomic mass is 10.2. The molecule has 3 amide bonds. The Labute approximate surface area is 184 Å². The second-order valence-electron chi connectivity index (χ2n) is 7.05. The number of carbonyl (C=O) groups excluding carboxylic acids is 2. The zero-order chi connectivity index (χ0) is 21.6. The average molecular weight is 440 g/mol. The second kappa shape index (κ2) is 9.63. The number of urea groups is 1. The van der Waals surface area contributed by atoms with Crippen molar-refractivity contribution in [1.82, 2.24) is 14.9 Å². The number of ether oxygens (including phenoxy) is 1. The third-order valence-corrected chi connectivity index (χ3v) is 5.21. The molecule has 2 N–H and O–H groups in total. The lowest BCUT2D eigenvalue weighted by molar-refractivity contribution is -0.135. The number of anilines is 1. The number of aromatic nitrogens is 1. The Morgan fingerprint density at radius 3 is 2.61 bits per heavy atom. The number of hydrogen-bond acceptors (Lipinski definition) is 4. The van der Waals surface area contributed by atoms with E-state index in [-0.39, 0.29) is 12.5 Å². The highest BCUT2D eigenvalue weighted by molar-refractivity contribution is 6.30. The van der Waals surface area contributed by atoms with Crippen molar-refractivity contribution in [2.75, 3.05) is 31.6 Å². The van der Waals surface area contributed by atoms with Crippen molar-refractivity contribution in [3.05, 3.63) is 65.3 Å². The molecule has 1 saturated heterocycles. The van der Waals surface area contributed by atoms with Crippen LogP contribution in [-0.4, -0.2) is 53.9 Å². The topological polar surface area (TPSA) is 88.0 Å². The van der Waals surface area contributed by atoms with Gasteiger partial charge in [-0.1, -0.05) is 29.8 Å². The van der Waals surface area contributed by atoms with E-state index < -0.39 is 6.03 Å². The molecular weight excluding hydrogens is 418 g/mol. The minimum Gasteiger partial charge on any atom is -0.378 e. The van der Waals surface area contributed by atoms with Gasteiger partial charge in [0, 0.05) is 46.5 Å². The van der Waals surface area contributed by atoms with Crippen molar-refractivity contribution in [1.29, 1.82) is 0 Å². The number of fused-ring (bicyclic) bond motifs is 1. The van der Waals surface area contributed by atoms with E-state index in [9.17, 15) is 9.59 Å². The van der Waals surface area contributed by atoms with E-state index in [1.165, 1.54) is 0 Å². The lowest BCUT2D eigenvalue weighted by Crippen LogP contribution is -2.42. The summed E-state index contributed by atoms with van der Waals surface area (Å²) in [7, 11) is 0. The Hall–Kier alpha value is -3.36. The molecule has 0 saturated carbocycles. The molecule has 0 aliphatic carbocycles. The summed E-state index contributed by atoms with van der Waals surface area (Å²) in [5, 5.41) is 8.26. The third-order valence-electron chi connectivity index (χ3n) is 4.96. The quantitative estimate of drug-likeness (QED) is 0.472. The molecule has 0 atom stereocenters. The van der Waals surface area contributed by atoms with Gasteiger partial charge in [-0.2, -0.15) is 5.10 Å². The van der Waals surface area contributed by atoms with Crippen molar-refractivity contribution in [3.8, 4) is 0 Å². The molecular formula is C22H22ClN5O3. The molecule has 9 heteroatoms. The van der Waals surface area contributed by atoms with E-state index in [1.807, 2.05) is 39.9 Å². The number of hydrazone groups is 1. The zero-order valence-electron chi connectivity index (χ0n) is 16.8. The highest BCUT2D eigenvalue weighted by Crippen LogP contribution is 2.20. The Balaban J connectivity index is 1.44. The largest absolute Gasteiger partial charge is 0.378 e. The number of morpholine rings is 1. The van der Waals surface area contributed by atoms with Crippen LogP contribution in [0.2, 0.25) is 5.02 Å². The van der Waals surface area contributed by atoms with E-state index in [0.717, 1.165) is 16.5 Å². The minimum absolute atomic E-state index is 0.0491. The fourth-order valence-electron chi connectivity index (χ4n) is 3.42. The molecule has 160 valence electrons. The van der Waals surface area contributed by atoms with Crippen LogP contribution in [0.3, 0.4) is 0 Å². The van der Waals surface area contributed by atoms with Gasteiger partial charge in [0.05, 0.1) is 19.4 Å². The van der Waals surface area contributed by atoms with Crippen LogP contribution >= 0.6 is 11.6 Å². The summed E-state index contributed by atoms with van der Waals surface area (Å²) in [4.78, 5) is 26.5. The first-order valence-electron chi connectivity index (χ1n) is 9.89. The van der Waals surface area contributed by atoms with Crippen LogP contribution in [0.15, 0.2) is 59.8 Å². The van der Waals surface area contributed by atoms with E-state index in [0.29, 0.717) is 37.0 Å². The fourth-order valence-corrected chi connectivity index (χ4v) is 3.55. The standard InChI is InChI=1S/C22H22ClN5O3/c23-17-5-7-18(8-6-17)25-22(30)26-24-13-16-14-28(20-4-2-1-3-19(16)20)15-21(29)27-9-11-31-12-10-27/h1-8,13-14H,9-12,15H2,(H2,25,26,30). The summed E-state index contributed by atoms with van der Waals surface area (Å²) in [6, 6.07) is 14.1. The summed E-state index contributed by atoms with van der Waals surface area (Å²) >= 11 is 5.84. The monoisotopic (exact) mass is 439 g/mol. The van der Waals surface area contributed by atoms with Crippen molar-refractivity contribution in [3.63, 3.8) is 0 Å². The Bertz CT molecular complexity index is 1100. The van der Waals surface area contributed by atoms with Gasteiger partial charge in [-0.05, 0) is 30.3 Å². The summed E-state index contributed by atoms with van der Waals surface area (Å²) in [5.74, 6) is 0.0491. The van der Waals surface area contributed by atoms with Gasteiger partial charge in [0.25, 0.3) is 0 Å². The maximum atomic E-state index is 12.7. The van der Waals surface area contributed by atoms with Crippen LogP contribution in [0.1, 0.15) is 5.56 Å². The van der Waals surface area contributed by atoms with Crippen LogP contribution in [0.4, 0.5) is 10.5 Å². The summed E-state index contributed by atoms with van der Waals surface area (Å²) < 4.78 is 7.22. The predicted molar refractivity (Wildman–Crippen MR) is 121 cm³/mol. The number of amides is 3. The molecule has 1 aliphatic heterocycles. The Kier molecular flexibility index (Phi) is 6.49. The smallest absolute Gasteiger partial charge is 0.339 e.